The van der Waals surface area contributed by atoms with E-state index in [0.29, 0.717) is 19.3 Å². The average Bonchev–Trinajstić information content (AvgIpc) is 3.52. The molecule has 1 saturated heterocycles. The molecule has 0 aromatic rings. The second-order valence-electron chi connectivity index (χ2n) is 25.0. The Balaban J connectivity index is 2.55. The Morgan fingerprint density at radius 1 is 0.458 bits per heavy atom. The number of ether oxygens (including phenoxy) is 3. The summed E-state index contributed by atoms with van der Waals surface area (Å²) in [5, 5.41) is 57.2. The lowest BCUT2D eigenvalue weighted by Gasteiger charge is -2.41. The molecule has 11 nitrogen and oxygen atoms in total. The predicted molar refractivity (Wildman–Crippen MR) is 347 cm³/mol. The number of rotatable bonds is 62. The normalized spacial score (nSPS) is 18.7. The highest BCUT2D eigenvalue weighted by Gasteiger charge is 2.47. The van der Waals surface area contributed by atoms with E-state index in [-0.39, 0.29) is 13.0 Å². The van der Waals surface area contributed by atoms with E-state index >= 15 is 0 Å². The minimum Gasteiger partial charge on any atom is -0.454 e. The molecule has 1 aliphatic rings. The van der Waals surface area contributed by atoms with Crippen molar-refractivity contribution in [2.45, 2.75) is 397 Å². The minimum absolute atomic E-state index is 0.126. The second kappa shape index (κ2) is 60.2. The molecule has 1 fully saturated rings. The van der Waals surface area contributed by atoms with Gasteiger partial charge in [0.05, 0.1) is 25.4 Å². The van der Waals surface area contributed by atoms with Crippen LogP contribution in [0.5, 0.6) is 0 Å². The van der Waals surface area contributed by atoms with E-state index in [1.54, 1.807) is 6.08 Å². The molecule has 488 valence electrons. The smallest absolute Gasteiger partial charge is 0.306 e. The van der Waals surface area contributed by atoms with Crippen LogP contribution in [0.1, 0.15) is 348 Å². The van der Waals surface area contributed by atoms with Crippen molar-refractivity contribution in [3.63, 3.8) is 0 Å². The molecule has 6 N–H and O–H groups in total. The van der Waals surface area contributed by atoms with Gasteiger partial charge in [0.25, 0.3) is 0 Å². The highest BCUT2D eigenvalue weighted by atomic mass is 16.7. The molecule has 11 heteroatoms. The van der Waals surface area contributed by atoms with E-state index in [9.17, 15) is 35.1 Å². The summed E-state index contributed by atoms with van der Waals surface area (Å²) in [6.45, 7) is 5.82. The summed E-state index contributed by atoms with van der Waals surface area (Å²) in [7, 11) is 0. The molecule has 1 aliphatic heterocycles. The van der Waals surface area contributed by atoms with Crippen LogP contribution in [0, 0.1) is 0 Å². The molecule has 0 aliphatic carbocycles. The van der Waals surface area contributed by atoms with Gasteiger partial charge in [-0.15, -0.1) is 0 Å². The van der Waals surface area contributed by atoms with Crippen molar-refractivity contribution in [3.8, 4) is 0 Å². The number of aliphatic hydroxyl groups excluding tert-OH is 5. The maximum Gasteiger partial charge on any atom is 0.306 e. The van der Waals surface area contributed by atoms with Crippen molar-refractivity contribution in [2.24, 2.45) is 0 Å². The predicted octanol–water partition coefficient (Wildman–Crippen LogP) is 18.2. The van der Waals surface area contributed by atoms with Gasteiger partial charge >= 0.3 is 5.97 Å². The van der Waals surface area contributed by atoms with Gasteiger partial charge in [0.2, 0.25) is 5.91 Å². The zero-order chi connectivity index (χ0) is 60.3. The van der Waals surface area contributed by atoms with Crippen LogP contribution in [0.15, 0.2) is 36.5 Å². The van der Waals surface area contributed by atoms with Gasteiger partial charge in [0, 0.05) is 6.42 Å². The molecular weight excluding hydrogens is 1040 g/mol. The van der Waals surface area contributed by atoms with Crippen LogP contribution in [0.2, 0.25) is 0 Å². The van der Waals surface area contributed by atoms with Crippen LogP contribution in [-0.2, 0) is 23.8 Å². The van der Waals surface area contributed by atoms with Crippen LogP contribution >= 0.6 is 0 Å². The first-order valence-corrected chi connectivity index (χ1v) is 35.8. The zero-order valence-corrected chi connectivity index (χ0v) is 54.3. The van der Waals surface area contributed by atoms with Crippen LogP contribution in [0.3, 0.4) is 0 Å². The molecular formula is C72H135NO10. The maximum atomic E-state index is 13.5. The summed E-state index contributed by atoms with van der Waals surface area (Å²) in [5.41, 5.74) is 0. The Hall–Kier alpha value is -2.12. The molecule has 0 aromatic heterocycles. The summed E-state index contributed by atoms with van der Waals surface area (Å²) in [5.74, 6) is -1.18. The molecule has 1 heterocycles. The summed E-state index contributed by atoms with van der Waals surface area (Å²) >= 11 is 0. The van der Waals surface area contributed by atoms with Gasteiger partial charge in [-0.1, -0.05) is 301 Å². The number of carbonyl (C=O) groups is 2. The number of allylic oxidation sites excluding steroid dienone is 5. The fourth-order valence-corrected chi connectivity index (χ4v) is 11.3. The largest absolute Gasteiger partial charge is 0.454 e. The molecule has 0 aromatic carbocycles. The summed E-state index contributed by atoms with van der Waals surface area (Å²) in [6.07, 6.45) is 63.3. The highest BCUT2D eigenvalue weighted by Crippen LogP contribution is 2.26. The molecule has 83 heavy (non-hydrogen) atoms. The van der Waals surface area contributed by atoms with E-state index < -0.39 is 67.4 Å². The van der Waals surface area contributed by atoms with Gasteiger partial charge in [-0.2, -0.15) is 0 Å². The van der Waals surface area contributed by atoms with Gasteiger partial charge < -0.3 is 45.1 Å². The Morgan fingerprint density at radius 2 is 0.795 bits per heavy atom. The minimum atomic E-state index is -1.61. The summed E-state index contributed by atoms with van der Waals surface area (Å²) in [6, 6.07) is -1.02. The van der Waals surface area contributed by atoms with Crippen molar-refractivity contribution in [1.82, 2.24) is 5.32 Å². The van der Waals surface area contributed by atoms with E-state index in [4.69, 9.17) is 14.2 Å². The van der Waals surface area contributed by atoms with Crippen LogP contribution in [-0.4, -0.2) is 99.6 Å². The van der Waals surface area contributed by atoms with Crippen molar-refractivity contribution >= 4 is 11.9 Å². The molecule has 0 bridgehead atoms. The monoisotopic (exact) mass is 1170 g/mol. The van der Waals surface area contributed by atoms with Gasteiger partial charge in [0.1, 0.15) is 24.4 Å². The van der Waals surface area contributed by atoms with E-state index in [1.807, 2.05) is 6.08 Å². The summed E-state index contributed by atoms with van der Waals surface area (Å²) in [4.78, 5) is 26.7. The third kappa shape index (κ3) is 47.6. The SMILES string of the molecule is CCCCCCCC/C=C/CCCCCCCCCCCCCCC(O)C(=O)NC(COC1OC(CO)C(O)C(O)C1OC(=O)CCCCCCCCCCCCC/C=C/CCCCCCCC)C(O)/C=C/CCCCCCCCCCC. The van der Waals surface area contributed by atoms with Crippen LogP contribution < -0.4 is 5.32 Å². The number of aliphatic hydroxyl groups is 5. The van der Waals surface area contributed by atoms with E-state index in [0.717, 1.165) is 57.8 Å². The fraction of sp³-hybridized carbons (Fsp3) is 0.889. The highest BCUT2D eigenvalue weighted by molar-refractivity contribution is 5.80. The van der Waals surface area contributed by atoms with Crippen molar-refractivity contribution in [2.75, 3.05) is 13.2 Å². The fourth-order valence-electron chi connectivity index (χ4n) is 11.3. The second-order valence-corrected chi connectivity index (χ2v) is 25.0. The van der Waals surface area contributed by atoms with Crippen molar-refractivity contribution in [1.29, 1.82) is 0 Å². The molecule has 1 rings (SSSR count). The van der Waals surface area contributed by atoms with Gasteiger partial charge in [-0.25, -0.2) is 0 Å². The molecule has 0 radical (unpaired) electrons. The Morgan fingerprint density at radius 3 is 1.17 bits per heavy atom. The first-order valence-electron chi connectivity index (χ1n) is 35.8. The maximum absolute atomic E-state index is 13.5. The average molecular weight is 1170 g/mol. The summed E-state index contributed by atoms with van der Waals surface area (Å²) < 4.78 is 17.7. The molecule has 1 amide bonds. The van der Waals surface area contributed by atoms with E-state index in [2.05, 4.69) is 50.4 Å². The molecule has 0 saturated carbocycles. The number of esters is 1. The van der Waals surface area contributed by atoms with Gasteiger partial charge in [-0.05, 0) is 77.0 Å². The number of unbranched alkanes of at least 4 members (excludes halogenated alkanes) is 44. The van der Waals surface area contributed by atoms with Crippen molar-refractivity contribution in [3.05, 3.63) is 36.5 Å². The molecule has 8 unspecified atom stereocenters. The van der Waals surface area contributed by atoms with Gasteiger partial charge in [-0.3, -0.25) is 9.59 Å². The van der Waals surface area contributed by atoms with Crippen LogP contribution in [0.25, 0.3) is 0 Å². The van der Waals surface area contributed by atoms with Gasteiger partial charge in [0.15, 0.2) is 12.4 Å². The van der Waals surface area contributed by atoms with Crippen LogP contribution in [0.4, 0.5) is 0 Å². The number of carbonyl (C=O) groups excluding carboxylic acids is 2. The Kier molecular flexibility index (Phi) is 57.2. The molecule has 8 atom stereocenters. The number of hydrogen-bond donors (Lipinski definition) is 6. The van der Waals surface area contributed by atoms with E-state index in [1.165, 1.54) is 244 Å². The standard InChI is InChI=1S/C72H135NO10/c1-4-7-10-13-16-19-22-24-26-28-30-32-34-35-37-39-41-44-47-50-53-56-59-65(76)71(80)73-63(64(75)58-55-52-49-46-43-21-18-15-12-9-6-3)62-81-72-70(69(79)68(78)66(61-74)82-72)83-67(77)60-57-54-51-48-45-42-40-38-36-33-31-29-27-25-23-20-17-14-11-8-5-2/h24-27,55,58,63-66,68-70,72,74-76,78-79H,4-23,28-54,56-57,59-62H2,1-3H3,(H,73,80)/b26-24+,27-25+,58-55+. The lowest BCUT2D eigenvalue weighted by molar-refractivity contribution is -0.305. The lowest BCUT2D eigenvalue weighted by Crippen LogP contribution is -2.61. The Labute approximate surface area is 511 Å². The quantitative estimate of drug-likeness (QED) is 0.0195. The van der Waals surface area contributed by atoms with Crippen molar-refractivity contribution < 1.29 is 49.3 Å². The number of amides is 1. The third-order valence-electron chi connectivity index (χ3n) is 17.0. The zero-order valence-electron chi connectivity index (χ0n) is 54.3. The first-order chi connectivity index (χ1) is 40.7. The number of hydrogen-bond acceptors (Lipinski definition) is 10. The Bertz CT molecular complexity index is 1490. The number of nitrogens with one attached hydrogen (secondary N) is 1. The topological polar surface area (TPSA) is 175 Å². The third-order valence-corrected chi connectivity index (χ3v) is 17.0. The lowest BCUT2D eigenvalue weighted by atomic mass is 9.99. The molecule has 0 spiro atoms. The first kappa shape index (κ1) is 78.9.